The third kappa shape index (κ3) is 1.95. The van der Waals surface area contributed by atoms with E-state index in [1.54, 1.807) is 0 Å². The van der Waals surface area contributed by atoms with Crippen LogP contribution in [0.3, 0.4) is 0 Å². The van der Waals surface area contributed by atoms with E-state index in [0.29, 0.717) is 0 Å². The molecule has 1 aromatic carbocycles. The van der Waals surface area contributed by atoms with Gasteiger partial charge in [0.25, 0.3) is 0 Å². The quantitative estimate of drug-likeness (QED) is 0.735. The van der Waals surface area contributed by atoms with Gasteiger partial charge in [-0.1, -0.05) is 12.1 Å². The Labute approximate surface area is 78.3 Å². The summed E-state index contributed by atoms with van der Waals surface area (Å²) in [5.41, 5.74) is 4.59. The molecule has 0 spiro atoms. The summed E-state index contributed by atoms with van der Waals surface area (Å²) in [6.45, 7) is 0. The molecule has 0 heterocycles. The molecule has 13 heavy (non-hydrogen) atoms. The van der Waals surface area contributed by atoms with Crippen LogP contribution in [0.5, 0.6) is 0 Å². The van der Waals surface area contributed by atoms with Crippen molar-refractivity contribution in [2.75, 3.05) is 0 Å². The van der Waals surface area contributed by atoms with E-state index >= 15 is 0 Å². The van der Waals surface area contributed by atoms with E-state index in [0.717, 1.165) is 6.07 Å². The van der Waals surface area contributed by atoms with Gasteiger partial charge in [-0.05, 0) is 6.07 Å². The van der Waals surface area contributed by atoms with Crippen LogP contribution in [0.15, 0.2) is 18.2 Å². The average molecular weight is 206 g/mol. The summed E-state index contributed by atoms with van der Waals surface area (Å²) in [6.07, 6.45) is 0. The number of nitrogens with two attached hydrogens (primary N) is 1. The fourth-order valence-corrected chi connectivity index (χ4v) is 1.04. The molecule has 2 N–H and O–H groups in total. The van der Waals surface area contributed by atoms with Crippen LogP contribution in [0, 0.1) is 11.6 Å². The van der Waals surface area contributed by atoms with Gasteiger partial charge in [-0.25, -0.2) is 8.78 Å². The molecule has 0 aromatic heterocycles. The van der Waals surface area contributed by atoms with E-state index in [1.807, 2.05) is 0 Å². The van der Waals surface area contributed by atoms with E-state index < -0.39 is 22.9 Å². The number of halogens is 3. The molecule has 1 atom stereocenters. The van der Waals surface area contributed by atoms with Crippen molar-refractivity contribution in [3.63, 3.8) is 0 Å². The maximum absolute atomic E-state index is 12.9. The molecule has 1 unspecified atom stereocenters. The van der Waals surface area contributed by atoms with Crippen molar-refractivity contribution in [3.8, 4) is 0 Å². The largest absolute Gasteiger partial charge is 0.368 e. The Kier molecular flexibility index (Phi) is 2.83. The van der Waals surface area contributed by atoms with Crippen LogP contribution < -0.4 is 5.73 Å². The molecule has 0 radical (unpaired) electrons. The molecule has 1 amide bonds. The van der Waals surface area contributed by atoms with Crippen LogP contribution in [0.1, 0.15) is 10.9 Å². The summed E-state index contributed by atoms with van der Waals surface area (Å²) >= 11 is 5.44. The maximum atomic E-state index is 12.9. The third-order valence-electron chi connectivity index (χ3n) is 1.50. The number of hydrogen-bond donors (Lipinski definition) is 1. The molecule has 2 nitrogen and oxygen atoms in total. The first kappa shape index (κ1) is 9.92. The van der Waals surface area contributed by atoms with Crippen molar-refractivity contribution in [1.82, 2.24) is 0 Å². The van der Waals surface area contributed by atoms with Crippen LogP contribution >= 0.6 is 11.6 Å². The standard InChI is InChI=1S/C8H6ClF2NO/c9-6(8(12)13)4-2-1-3-5(10)7(4)11/h1-3,6H,(H2,12,13). The number of amides is 1. The second-order valence-electron chi connectivity index (χ2n) is 2.41. The molecule has 0 aliphatic carbocycles. The van der Waals surface area contributed by atoms with Gasteiger partial charge in [-0.2, -0.15) is 0 Å². The van der Waals surface area contributed by atoms with Crippen molar-refractivity contribution in [3.05, 3.63) is 35.4 Å². The fourth-order valence-electron chi connectivity index (χ4n) is 0.869. The zero-order valence-electron chi connectivity index (χ0n) is 6.43. The zero-order valence-corrected chi connectivity index (χ0v) is 7.18. The van der Waals surface area contributed by atoms with Crippen molar-refractivity contribution < 1.29 is 13.6 Å². The minimum atomic E-state index is -1.34. The highest BCUT2D eigenvalue weighted by molar-refractivity contribution is 6.30. The topological polar surface area (TPSA) is 43.1 Å². The molecular weight excluding hydrogens is 200 g/mol. The lowest BCUT2D eigenvalue weighted by Crippen LogP contribution is -2.18. The zero-order chi connectivity index (χ0) is 10.0. The first-order valence-corrected chi connectivity index (χ1v) is 3.85. The fraction of sp³-hybridized carbons (Fsp3) is 0.125. The molecule has 5 heteroatoms. The summed E-state index contributed by atoms with van der Waals surface area (Å²) < 4.78 is 25.6. The number of carbonyl (C=O) groups excluding carboxylic acids is 1. The van der Waals surface area contributed by atoms with Gasteiger partial charge < -0.3 is 5.73 Å². The first-order valence-electron chi connectivity index (χ1n) is 3.41. The highest BCUT2D eigenvalue weighted by atomic mass is 35.5. The van der Waals surface area contributed by atoms with E-state index in [2.05, 4.69) is 0 Å². The highest BCUT2D eigenvalue weighted by Gasteiger charge is 2.20. The van der Waals surface area contributed by atoms with Gasteiger partial charge in [0.15, 0.2) is 11.6 Å². The van der Waals surface area contributed by atoms with Crippen LogP contribution in [0.25, 0.3) is 0 Å². The van der Waals surface area contributed by atoms with Gasteiger partial charge in [0, 0.05) is 5.56 Å². The monoisotopic (exact) mass is 205 g/mol. The smallest absolute Gasteiger partial charge is 0.240 e. The van der Waals surface area contributed by atoms with Crippen LogP contribution in [-0.4, -0.2) is 5.91 Å². The van der Waals surface area contributed by atoms with Crippen molar-refractivity contribution >= 4 is 17.5 Å². The van der Waals surface area contributed by atoms with Gasteiger partial charge in [-0.15, -0.1) is 11.6 Å². The lowest BCUT2D eigenvalue weighted by Gasteiger charge is -2.06. The number of carbonyl (C=O) groups is 1. The number of rotatable bonds is 2. The van der Waals surface area contributed by atoms with Crippen LogP contribution in [-0.2, 0) is 4.79 Å². The minimum Gasteiger partial charge on any atom is -0.368 e. The molecule has 0 aliphatic rings. The Morgan fingerprint density at radius 2 is 2.08 bits per heavy atom. The lowest BCUT2D eigenvalue weighted by molar-refractivity contribution is -0.117. The Bertz CT molecular complexity index is 343. The highest BCUT2D eigenvalue weighted by Crippen LogP contribution is 2.23. The molecule has 0 bridgehead atoms. The maximum Gasteiger partial charge on any atom is 0.240 e. The first-order chi connectivity index (χ1) is 6.04. The van der Waals surface area contributed by atoms with Crippen molar-refractivity contribution in [2.45, 2.75) is 5.38 Å². The molecular formula is C8H6ClF2NO. The van der Waals surface area contributed by atoms with E-state index in [-0.39, 0.29) is 5.56 Å². The van der Waals surface area contributed by atoms with E-state index in [1.165, 1.54) is 12.1 Å². The molecule has 1 aromatic rings. The molecule has 0 fully saturated rings. The predicted molar refractivity (Wildman–Crippen MR) is 44.1 cm³/mol. The number of hydrogen-bond acceptors (Lipinski definition) is 1. The SMILES string of the molecule is NC(=O)C(Cl)c1cccc(F)c1F. The molecule has 0 saturated heterocycles. The normalized spacial score (nSPS) is 12.5. The summed E-state index contributed by atoms with van der Waals surface area (Å²) in [5.74, 6) is -3.10. The van der Waals surface area contributed by atoms with E-state index in [4.69, 9.17) is 17.3 Å². The summed E-state index contributed by atoms with van der Waals surface area (Å²) in [4.78, 5) is 10.6. The summed E-state index contributed by atoms with van der Waals surface area (Å²) in [6, 6.07) is 3.40. The Balaban J connectivity index is 3.15. The van der Waals surface area contributed by atoms with Gasteiger partial charge in [0.05, 0.1) is 0 Å². The summed E-state index contributed by atoms with van der Waals surface area (Å²) in [7, 11) is 0. The van der Waals surface area contributed by atoms with E-state index in [9.17, 15) is 13.6 Å². The second kappa shape index (κ2) is 3.70. The number of benzene rings is 1. The summed E-state index contributed by atoms with van der Waals surface area (Å²) in [5, 5.41) is -1.34. The van der Waals surface area contributed by atoms with Gasteiger partial charge in [-0.3, -0.25) is 4.79 Å². The third-order valence-corrected chi connectivity index (χ3v) is 1.95. The Hall–Kier alpha value is -1.16. The Morgan fingerprint density at radius 1 is 1.46 bits per heavy atom. The molecule has 1 rings (SSSR count). The van der Waals surface area contributed by atoms with Gasteiger partial charge in [0.1, 0.15) is 5.38 Å². The van der Waals surface area contributed by atoms with Crippen LogP contribution in [0.2, 0.25) is 0 Å². The van der Waals surface area contributed by atoms with Gasteiger partial charge in [0.2, 0.25) is 5.91 Å². The second-order valence-corrected chi connectivity index (χ2v) is 2.84. The lowest BCUT2D eigenvalue weighted by atomic mass is 10.1. The van der Waals surface area contributed by atoms with Gasteiger partial charge >= 0.3 is 0 Å². The number of primary amides is 1. The molecule has 0 aliphatic heterocycles. The number of alkyl halides is 1. The average Bonchev–Trinajstić information content (AvgIpc) is 2.08. The minimum absolute atomic E-state index is 0.242. The van der Waals surface area contributed by atoms with Crippen molar-refractivity contribution in [2.24, 2.45) is 5.73 Å². The van der Waals surface area contributed by atoms with Crippen molar-refractivity contribution in [1.29, 1.82) is 0 Å². The van der Waals surface area contributed by atoms with Crippen LogP contribution in [0.4, 0.5) is 8.78 Å². The molecule has 70 valence electrons. The molecule has 0 saturated carbocycles. The predicted octanol–water partition coefficient (Wildman–Crippen LogP) is 1.73. The Morgan fingerprint density at radius 3 is 2.62 bits per heavy atom.